The number of carbonyl (C=O) groups excluding carboxylic acids is 4. The van der Waals surface area contributed by atoms with Crippen LogP contribution in [0.3, 0.4) is 0 Å². The Labute approximate surface area is 139 Å². The van der Waals surface area contributed by atoms with E-state index >= 15 is 0 Å². The SMILES string of the molecule is COC(=O)CN1C[C@@H](C(=O)OC)N(CC(=O)OC)C[C@@H]1C(=O)OC. The smallest absolute Gasteiger partial charge is 0.324 e. The predicted molar refractivity (Wildman–Crippen MR) is 78.8 cm³/mol. The number of hydrogen-bond donors (Lipinski definition) is 0. The molecule has 0 spiro atoms. The van der Waals surface area contributed by atoms with E-state index in [2.05, 4.69) is 9.47 Å². The summed E-state index contributed by atoms with van der Waals surface area (Å²) in [5.41, 5.74) is 0. The molecule has 1 heterocycles. The zero-order valence-corrected chi connectivity index (χ0v) is 14.1. The van der Waals surface area contributed by atoms with Crippen molar-refractivity contribution in [2.45, 2.75) is 12.1 Å². The third-order valence-corrected chi connectivity index (χ3v) is 3.76. The summed E-state index contributed by atoms with van der Waals surface area (Å²) in [7, 11) is 4.88. The maximum atomic E-state index is 12.0. The predicted octanol–water partition coefficient (Wildman–Crippen LogP) is -1.97. The standard InChI is InChI=1S/C14H22N2O8/c1-21-11(17)7-15-5-10(14(20)24-4)16(8-12(18)22-2)6-9(15)13(19)23-3/h9-10H,5-8H2,1-4H3/t9-,10+. The molecule has 10 nitrogen and oxygen atoms in total. The van der Waals surface area contributed by atoms with Crippen LogP contribution in [-0.2, 0) is 38.1 Å². The summed E-state index contributed by atoms with van der Waals surface area (Å²) in [5.74, 6) is -2.29. The van der Waals surface area contributed by atoms with Gasteiger partial charge in [0.2, 0.25) is 0 Å². The van der Waals surface area contributed by atoms with Gasteiger partial charge in [-0.05, 0) is 0 Å². The molecule has 0 aromatic heterocycles. The van der Waals surface area contributed by atoms with Crippen LogP contribution in [0.5, 0.6) is 0 Å². The Bertz CT molecular complexity index is 451. The summed E-state index contributed by atoms with van der Waals surface area (Å²) in [6.45, 7) is -0.400. The van der Waals surface area contributed by atoms with E-state index in [4.69, 9.17) is 9.47 Å². The summed E-state index contributed by atoms with van der Waals surface area (Å²) in [4.78, 5) is 50.1. The quantitative estimate of drug-likeness (QED) is 0.397. The van der Waals surface area contributed by atoms with Crippen molar-refractivity contribution in [3.05, 3.63) is 0 Å². The molecule has 0 radical (unpaired) electrons. The van der Waals surface area contributed by atoms with Gasteiger partial charge in [-0.2, -0.15) is 0 Å². The third kappa shape index (κ3) is 4.90. The molecule has 24 heavy (non-hydrogen) atoms. The molecule has 10 heteroatoms. The van der Waals surface area contributed by atoms with Crippen LogP contribution in [0.15, 0.2) is 0 Å². The zero-order valence-electron chi connectivity index (χ0n) is 14.1. The van der Waals surface area contributed by atoms with E-state index in [1.54, 1.807) is 0 Å². The Hall–Kier alpha value is -2.20. The van der Waals surface area contributed by atoms with Gasteiger partial charge in [-0.3, -0.25) is 29.0 Å². The van der Waals surface area contributed by atoms with Crippen LogP contribution in [0.4, 0.5) is 0 Å². The molecule has 136 valence electrons. The van der Waals surface area contributed by atoms with Crippen LogP contribution in [0, 0.1) is 0 Å². The Kier molecular flexibility index (Phi) is 7.59. The van der Waals surface area contributed by atoms with Gasteiger partial charge in [-0.25, -0.2) is 0 Å². The fourth-order valence-corrected chi connectivity index (χ4v) is 2.46. The molecule has 1 rings (SSSR count). The lowest BCUT2D eigenvalue weighted by atomic mass is 10.1. The Morgan fingerprint density at radius 1 is 0.708 bits per heavy atom. The third-order valence-electron chi connectivity index (χ3n) is 3.76. The molecule has 0 saturated carbocycles. The molecule has 0 bridgehead atoms. The van der Waals surface area contributed by atoms with Gasteiger partial charge < -0.3 is 18.9 Å². The van der Waals surface area contributed by atoms with Crippen molar-refractivity contribution >= 4 is 23.9 Å². The summed E-state index contributed by atoms with van der Waals surface area (Å²) in [6, 6.07) is -1.67. The highest BCUT2D eigenvalue weighted by Crippen LogP contribution is 2.18. The Morgan fingerprint density at radius 3 is 1.29 bits per heavy atom. The number of nitrogens with zero attached hydrogens (tertiary/aromatic N) is 2. The minimum atomic E-state index is -0.834. The fraction of sp³-hybridized carbons (Fsp3) is 0.714. The lowest BCUT2D eigenvalue weighted by Gasteiger charge is -2.42. The first kappa shape index (κ1) is 19.8. The number of hydrogen-bond acceptors (Lipinski definition) is 10. The number of ether oxygens (including phenoxy) is 4. The first-order valence-electron chi connectivity index (χ1n) is 7.15. The number of methoxy groups -OCH3 is 4. The minimum Gasteiger partial charge on any atom is -0.468 e. The number of piperazine rings is 1. The second-order valence-corrected chi connectivity index (χ2v) is 5.09. The van der Waals surface area contributed by atoms with Crippen molar-refractivity contribution in [2.75, 3.05) is 54.6 Å². The highest BCUT2D eigenvalue weighted by molar-refractivity contribution is 5.81. The topological polar surface area (TPSA) is 112 Å². The average molecular weight is 346 g/mol. The summed E-state index contributed by atoms with van der Waals surface area (Å²) in [5, 5.41) is 0. The van der Waals surface area contributed by atoms with E-state index in [1.165, 1.54) is 38.2 Å². The molecule has 0 unspecified atom stereocenters. The fourth-order valence-electron chi connectivity index (χ4n) is 2.46. The van der Waals surface area contributed by atoms with Crippen molar-refractivity contribution < 1.29 is 38.1 Å². The summed E-state index contributed by atoms with van der Waals surface area (Å²) >= 11 is 0. The lowest BCUT2D eigenvalue weighted by molar-refractivity contribution is -0.164. The first-order valence-corrected chi connectivity index (χ1v) is 7.15. The number of carbonyl (C=O) groups is 4. The number of rotatable bonds is 6. The Morgan fingerprint density at radius 2 is 1.04 bits per heavy atom. The molecule has 1 saturated heterocycles. The second kappa shape index (κ2) is 9.18. The summed E-state index contributed by atoms with van der Waals surface area (Å²) < 4.78 is 18.7. The molecule has 0 aromatic rings. The molecular formula is C14H22N2O8. The lowest BCUT2D eigenvalue weighted by Crippen LogP contribution is -2.64. The van der Waals surface area contributed by atoms with Gasteiger partial charge in [0, 0.05) is 13.1 Å². The summed E-state index contributed by atoms with van der Waals surface area (Å²) in [6.07, 6.45) is 0. The Balaban J connectivity index is 3.05. The largest absolute Gasteiger partial charge is 0.468 e. The van der Waals surface area contributed by atoms with Gasteiger partial charge in [0.15, 0.2) is 0 Å². The normalized spacial score (nSPS) is 21.7. The van der Waals surface area contributed by atoms with Crippen molar-refractivity contribution in [3.8, 4) is 0 Å². The molecule has 0 aliphatic carbocycles. The van der Waals surface area contributed by atoms with Gasteiger partial charge >= 0.3 is 23.9 Å². The molecule has 1 aliphatic rings. The monoisotopic (exact) mass is 346 g/mol. The maximum absolute atomic E-state index is 12.0. The molecule has 0 N–H and O–H groups in total. The zero-order chi connectivity index (χ0) is 18.3. The first-order chi connectivity index (χ1) is 11.4. The molecule has 0 amide bonds. The van der Waals surface area contributed by atoms with E-state index in [-0.39, 0.29) is 26.2 Å². The molecule has 1 fully saturated rings. The molecule has 2 atom stereocenters. The van der Waals surface area contributed by atoms with E-state index < -0.39 is 36.0 Å². The number of esters is 4. The van der Waals surface area contributed by atoms with Crippen LogP contribution in [0.2, 0.25) is 0 Å². The van der Waals surface area contributed by atoms with Crippen LogP contribution >= 0.6 is 0 Å². The average Bonchev–Trinajstić information content (AvgIpc) is 2.60. The van der Waals surface area contributed by atoms with E-state index in [1.807, 2.05) is 0 Å². The van der Waals surface area contributed by atoms with Crippen LogP contribution in [0.25, 0.3) is 0 Å². The van der Waals surface area contributed by atoms with E-state index in [9.17, 15) is 19.2 Å². The van der Waals surface area contributed by atoms with Gasteiger partial charge in [0.1, 0.15) is 12.1 Å². The van der Waals surface area contributed by atoms with Crippen molar-refractivity contribution in [3.63, 3.8) is 0 Å². The van der Waals surface area contributed by atoms with E-state index in [0.717, 1.165) is 0 Å². The van der Waals surface area contributed by atoms with Crippen molar-refractivity contribution in [1.29, 1.82) is 0 Å². The van der Waals surface area contributed by atoms with Gasteiger partial charge in [0.05, 0.1) is 41.5 Å². The van der Waals surface area contributed by atoms with Gasteiger partial charge in [-0.15, -0.1) is 0 Å². The maximum Gasteiger partial charge on any atom is 0.324 e. The van der Waals surface area contributed by atoms with Crippen molar-refractivity contribution in [1.82, 2.24) is 9.80 Å². The molecular weight excluding hydrogens is 324 g/mol. The van der Waals surface area contributed by atoms with Crippen LogP contribution in [0.1, 0.15) is 0 Å². The van der Waals surface area contributed by atoms with Gasteiger partial charge in [-0.1, -0.05) is 0 Å². The minimum absolute atomic E-state index is 0.00145. The molecule has 0 aromatic carbocycles. The highest BCUT2D eigenvalue weighted by atomic mass is 16.5. The van der Waals surface area contributed by atoms with E-state index in [0.29, 0.717) is 0 Å². The molecule has 1 aliphatic heterocycles. The highest BCUT2D eigenvalue weighted by Gasteiger charge is 2.43. The van der Waals surface area contributed by atoms with Crippen molar-refractivity contribution in [2.24, 2.45) is 0 Å². The van der Waals surface area contributed by atoms with Crippen LogP contribution < -0.4 is 0 Å². The van der Waals surface area contributed by atoms with Crippen LogP contribution in [-0.4, -0.2) is 100 Å². The second-order valence-electron chi connectivity index (χ2n) is 5.09. The van der Waals surface area contributed by atoms with Gasteiger partial charge in [0.25, 0.3) is 0 Å².